The van der Waals surface area contributed by atoms with Gasteiger partial charge in [-0.1, -0.05) is 42.1 Å². The second kappa shape index (κ2) is 8.44. The van der Waals surface area contributed by atoms with E-state index in [1.54, 1.807) is 18.2 Å². The lowest BCUT2D eigenvalue weighted by Gasteiger charge is -2.11. The quantitative estimate of drug-likeness (QED) is 0.433. The molecule has 148 valence electrons. The summed E-state index contributed by atoms with van der Waals surface area (Å²) in [6.45, 7) is 2.00. The van der Waals surface area contributed by atoms with Crippen molar-refractivity contribution in [2.45, 2.75) is 24.4 Å². The Labute approximate surface area is 171 Å². The molecule has 2 aromatic carbocycles. The van der Waals surface area contributed by atoms with Crippen molar-refractivity contribution in [3.63, 3.8) is 0 Å². The molecule has 0 aliphatic rings. The number of aryl methyl sites for hydroxylation is 1. The molecule has 2 heterocycles. The summed E-state index contributed by atoms with van der Waals surface area (Å²) in [5.41, 5.74) is 0.904. The monoisotopic (exact) mass is 410 g/mol. The molecule has 0 aliphatic carbocycles. The fourth-order valence-corrected chi connectivity index (χ4v) is 3.68. The summed E-state index contributed by atoms with van der Waals surface area (Å²) >= 11 is 1.50. The average molecular weight is 410 g/mol. The predicted octanol–water partition coefficient (Wildman–Crippen LogP) is 3.71. The minimum absolute atomic E-state index is 0.0897. The molecule has 0 fully saturated rings. The Balaban J connectivity index is 1.60. The van der Waals surface area contributed by atoms with Crippen molar-refractivity contribution in [3.8, 4) is 11.4 Å². The molecule has 0 N–H and O–H groups in total. The van der Waals surface area contributed by atoms with Crippen LogP contribution in [0.3, 0.4) is 0 Å². The maximum Gasteiger partial charge on any atom is 0.196 e. The van der Waals surface area contributed by atoms with Crippen LogP contribution in [-0.4, -0.2) is 29.5 Å². The van der Waals surface area contributed by atoms with Crippen LogP contribution >= 0.6 is 11.8 Å². The Morgan fingerprint density at radius 1 is 0.931 bits per heavy atom. The number of halogens is 1. The van der Waals surface area contributed by atoms with Crippen molar-refractivity contribution in [2.24, 2.45) is 7.05 Å². The lowest BCUT2D eigenvalue weighted by Crippen LogP contribution is -2.07. The van der Waals surface area contributed by atoms with Crippen molar-refractivity contribution >= 4 is 11.8 Å². The lowest BCUT2D eigenvalue weighted by atomic mass is 10.3. The number of nitrogens with zero attached hydrogens (tertiary/aromatic N) is 6. The number of hydrogen-bond donors (Lipinski definition) is 0. The van der Waals surface area contributed by atoms with Crippen LogP contribution < -0.4 is 4.74 Å². The van der Waals surface area contributed by atoms with Crippen LogP contribution in [0.4, 0.5) is 4.39 Å². The van der Waals surface area contributed by atoms with E-state index in [4.69, 9.17) is 4.74 Å². The van der Waals surface area contributed by atoms with Gasteiger partial charge in [0, 0.05) is 12.7 Å². The molecule has 0 radical (unpaired) electrons. The summed E-state index contributed by atoms with van der Waals surface area (Å²) in [6, 6.07) is 16.1. The molecule has 9 heteroatoms. The third-order valence-electron chi connectivity index (χ3n) is 4.42. The van der Waals surface area contributed by atoms with E-state index >= 15 is 0 Å². The van der Waals surface area contributed by atoms with E-state index in [0.29, 0.717) is 16.7 Å². The first kappa shape index (κ1) is 19.1. The summed E-state index contributed by atoms with van der Waals surface area (Å²) in [6.07, 6.45) is 0. The van der Waals surface area contributed by atoms with Gasteiger partial charge in [0.2, 0.25) is 0 Å². The topological polar surface area (TPSA) is 70.7 Å². The van der Waals surface area contributed by atoms with Gasteiger partial charge in [0.05, 0.1) is 5.75 Å². The summed E-state index contributed by atoms with van der Waals surface area (Å²) in [7, 11) is 1.93. The molecule has 0 spiro atoms. The third-order valence-corrected chi connectivity index (χ3v) is 5.35. The van der Waals surface area contributed by atoms with Crippen molar-refractivity contribution in [1.29, 1.82) is 0 Å². The minimum Gasteiger partial charge on any atom is -0.483 e. The number of aromatic nitrogens is 6. The van der Waals surface area contributed by atoms with E-state index in [0.717, 1.165) is 17.3 Å². The number of ether oxygens (including phenoxy) is 1. The van der Waals surface area contributed by atoms with Crippen LogP contribution in [0.5, 0.6) is 5.75 Å². The van der Waals surface area contributed by atoms with Crippen LogP contribution in [0.25, 0.3) is 5.69 Å². The highest BCUT2D eigenvalue weighted by molar-refractivity contribution is 7.98. The Kier molecular flexibility index (Phi) is 5.57. The highest BCUT2D eigenvalue weighted by Crippen LogP contribution is 2.26. The normalized spacial score (nSPS) is 11.0. The zero-order chi connectivity index (χ0) is 20.2. The molecule has 0 atom stereocenters. The average Bonchev–Trinajstić information content (AvgIpc) is 3.29. The minimum atomic E-state index is -0.412. The number of thioether (sulfide) groups is 1. The van der Waals surface area contributed by atoms with Gasteiger partial charge < -0.3 is 9.30 Å². The lowest BCUT2D eigenvalue weighted by molar-refractivity contribution is 0.278. The van der Waals surface area contributed by atoms with Gasteiger partial charge in [-0.3, -0.25) is 4.57 Å². The second-order valence-corrected chi connectivity index (χ2v) is 7.24. The second-order valence-electron chi connectivity index (χ2n) is 6.30. The molecular formula is C20H19FN6OS. The summed E-state index contributed by atoms with van der Waals surface area (Å²) in [5, 5.41) is 17.6. The van der Waals surface area contributed by atoms with Crippen molar-refractivity contribution in [3.05, 3.63) is 77.9 Å². The Hall–Kier alpha value is -3.20. The van der Waals surface area contributed by atoms with Gasteiger partial charge in [-0.05, 0) is 31.2 Å². The number of benzene rings is 2. The van der Waals surface area contributed by atoms with E-state index in [9.17, 15) is 4.39 Å². The van der Waals surface area contributed by atoms with E-state index in [1.165, 1.54) is 17.8 Å². The number of hydrogen-bond acceptors (Lipinski definition) is 6. The van der Waals surface area contributed by atoms with Crippen molar-refractivity contribution in [2.75, 3.05) is 0 Å². The van der Waals surface area contributed by atoms with Gasteiger partial charge in [-0.25, -0.2) is 4.39 Å². The smallest absolute Gasteiger partial charge is 0.196 e. The largest absolute Gasteiger partial charge is 0.483 e. The highest BCUT2D eigenvalue weighted by atomic mass is 32.2. The third kappa shape index (κ3) is 4.14. The Morgan fingerprint density at radius 2 is 1.66 bits per heavy atom. The first-order valence-electron chi connectivity index (χ1n) is 8.98. The molecule has 0 bridgehead atoms. The SMILES string of the molecule is Cc1nnc(CSc2nnc(COc3ccccc3F)n2-c2ccccc2)n1C. The predicted molar refractivity (Wildman–Crippen MR) is 107 cm³/mol. The molecule has 0 saturated carbocycles. The summed E-state index contributed by atoms with van der Waals surface area (Å²) in [5.74, 6) is 2.64. The number of rotatable bonds is 7. The van der Waals surface area contributed by atoms with Crippen molar-refractivity contribution in [1.82, 2.24) is 29.5 Å². The molecule has 4 rings (SSSR count). The van der Waals surface area contributed by atoms with Crippen LogP contribution in [0.1, 0.15) is 17.5 Å². The van der Waals surface area contributed by atoms with E-state index in [2.05, 4.69) is 20.4 Å². The first-order valence-corrected chi connectivity index (χ1v) is 9.96. The Bertz CT molecular complexity index is 1110. The summed E-state index contributed by atoms with van der Waals surface area (Å²) < 4.78 is 23.4. The van der Waals surface area contributed by atoms with Gasteiger partial charge in [-0.15, -0.1) is 20.4 Å². The van der Waals surface area contributed by atoms with Crippen molar-refractivity contribution < 1.29 is 9.13 Å². The highest BCUT2D eigenvalue weighted by Gasteiger charge is 2.17. The summed E-state index contributed by atoms with van der Waals surface area (Å²) in [4.78, 5) is 0. The first-order chi connectivity index (χ1) is 14.1. The van der Waals surface area contributed by atoms with Gasteiger partial charge in [0.1, 0.15) is 18.3 Å². The maximum absolute atomic E-state index is 13.9. The van der Waals surface area contributed by atoms with Gasteiger partial charge in [0.25, 0.3) is 0 Å². The van der Waals surface area contributed by atoms with Gasteiger partial charge in [-0.2, -0.15) is 0 Å². The molecule has 4 aromatic rings. The standard InChI is InChI=1S/C20H19FN6OS/c1-14-22-24-19(26(14)2)13-29-20-25-23-18(27(20)15-8-4-3-5-9-15)12-28-17-11-7-6-10-16(17)21/h3-11H,12-13H2,1-2H3. The van der Waals surface area contributed by atoms with E-state index in [1.807, 2.05) is 53.4 Å². The van der Waals surface area contributed by atoms with E-state index < -0.39 is 5.82 Å². The molecule has 0 amide bonds. The van der Waals surface area contributed by atoms with Crippen LogP contribution in [-0.2, 0) is 19.4 Å². The molecule has 7 nitrogen and oxygen atoms in total. The van der Waals surface area contributed by atoms with Crippen LogP contribution in [0.15, 0.2) is 59.8 Å². The fourth-order valence-electron chi connectivity index (χ4n) is 2.73. The Morgan fingerprint density at radius 3 is 2.38 bits per heavy atom. The molecule has 2 aromatic heterocycles. The van der Waals surface area contributed by atoms with Crippen LogP contribution in [0.2, 0.25) is 0 Å². The maximum atomic E-state index is 13.9. The number of para-hydroxylation sites is 2. The van der Waals surface area contributed by atoms with Crippen LogP contribution in [0, 0.1) is 12.7 Å². The van der Waals surface area contributed by atoms with Gasteiger partial charge >= 0.3 is 0 Å². The zero-order valence-electron chi connectivity index (χ0n) is 16.0. The fraction of sp³-hybridized carbons (Fsp3) is 0.200. The van der Waals surface area contributed by atoms with Gasteiger partial charge in [0.15, 0.2) is 22.5 Å². The molecule has 29 heavy (non-hydrogen) atoms. The molecule has 0 unspecified atom stereocenters. The molecule has 0 aliphatic heterocycles. The molecular weight excluding hydrogens is 391 g/mol. The van der Waals surface area contributed by atoms with E-state index in [-0.39, 0.29) is 12.4 Å². The zero-order valence-corrected chi connectivity index (χ0v) is 16.8. The molecule has 0 saturated heterocycles.